The van der Waals surface area contributed by atoms with E-state index in [1.54, 1.807) is 4.90 Å². The molecule has 1 heterocycles. The van der Waals surface area contributed by atoms with Gasteiger partial charge in [-0.15, -0.1) is 0 Å². The predicted molar refractivity (Wildman–Crippen MR) is 101 cm³/mol. The number of rotatable bonds is 3. The van der Waals surface area contributed by atoms with Crippen LogP contribution < -0.4 is 10.2 Å². The molecule has 1 saturated carbocycles. The van der Waals surface area contributed by atoms with Crippen LogP contribution in [0.4, 0.5) is 5.69 Å². The molecule has 2 fully saturated rings. The van der Waals surface area contributed by atoms with Crippen molar-refractivity contribution in [1.29, 1.82) is 0 Å². The summed E-state index contributed by atoms with van der Waals surface area (Å²) in [6.45, 7) is 4.55. The summed E-state index contributed by atoms with van der Waals surface area (Å²) in [5.74, 6) is -0.101. The summed E-state index contributed by atoms with van der Waals surface area (Å²) in [7, 11) is 0. The summed E-state index contributed by atoms with van der Waals surface area (Å²) in [6, 6.07) is 6.43. The molecule has 1 atom stereocenters. The van der Waals surface area contributed by atoms with Gasteiger partial charge in [-0.05, 0) is 43.9 Å². The van der Waals surface area contributed by atoms with Gasteiger partial charge >= 0.3 is 0 Å². The third-order valence-electron chi connectivity index (χ3n) is 5.60. The van der Waals surface area contributed by atoms with Gasteiger partial charge in [0.2, 0.25) is 11.8 Å². The molecule has 1 N–H and O–H groups in total. The van der Waals surface area contributed by atoms with Crippen LogP contribution in [0.3, 0.4) is 0 Å². The lowest BCUT2D eigenvalue weighted by molar-refractivity contribution is -0.127. The molecule has 0 spiro atoms. The largest absolute Gasteiger partial charge is 0.353 e. The first-order valence-corrected chi connectivity index (χ1v) is 9.72. The first-order chi connectivity index (χ1) is 12.0. The number of aryl methyl sites for hydroxylation is 2. The van der Waals surface area contributed by atoms with Crippen LogP contribution >= 0.6 is 0 Å². The van der Waals surface area contributed by atoms with Crippen molar-refractivity contribution in [1.82, 2.24) is 5.32 Å². The van der Waals surface area contributed by atoms with Crippen molar-refractivity contribution in [2.24, 2.45) is 5.92 Å². The number of nitrogens with zero attached hydrogens (tertiary/aromatic N) is 1. The molecule has 1 aliphatic carbocycles. The van der Waals surface area contributed by atoms with E-state index >= 15 is 0 Å². The minimum atomic E-state index is -0.224. The van der Waals surface area contributed by atoms with Crippen LogP contribution in [0.2, 0.25) is 0 Å². The third kappa shape index (κ3) is 4.42. The second kappa shape index (κ2) is 8.03. The molecule has 1 aromatic rings. The van der Waals surface area contributed by atoms with E-state index in [0.717, 1.165) is 29.7 Å². The van der Waals surface area contributed by atoms with Gasteiger partial charge in [-0.25, -0.2) is 0 Å². The molecule has 0 aromatic heterocycles. The Labute approximate surface area is 151 Å². The van der Waals surface area contributed by atoms with E-state index < -0.39 is 0 Å². The standard InChI is InChI=1S/C21H30N2O2/c1-15-10-11-16(2)19(12-15)23-14-17(13-20(23)24)21(25)22-18-8-6-4-3-5-7-9-18/h10-12,17-18H,3-9,13-14H2,1-2H3,(H,22,25). The summed E-state index contributed by atoms with van der Waals surface area (Å²) in [4.78, 5) is 27.0. The topological polar surface area (TPSA) is 49.4 Å². The van der Waals surface area contributed by atoms with Crippen LogP contribution in [0.15, 0.2) is 18.2 Å². The summed E-state index contributed by atoms with van der Waals surface area (Å²) < 4.78 is 0. The summed E-state index contributed by atoms with van der Waals surface area (Å²) in [5, 5.41) is 3.23. The van der Waals surface area contributed by atoms with Crippen LogP contribution in [0.5, 0.6) is 0 Å². The Bertz CT molecular complexity index is 633. The maximum absolute atomic E-state index is 12.7. The van der Waals surface area contributed by atoms with E-state index in [4.69, 9.17) is 0 Å². The monoisotopic (exact) mass is 342 g/mol. The molecular weight excluding hydrogens is 312 g/mol. The maximum Gasteiger partial charge on any atom is 0.227 e. The zero-order chi connectivity index (χ0) is 17.8. The number of nitrogens with one attached hydrogen (secondary N) is 1. The lowest BCUT2D eigenvalue weighted by Crippen LogP contribution is -2.40. The minimum absolute atomic E-state index is 0.0616. The third-order valence-corrected chi connectivity index (χ3v) is 5.60. The average Bonchev–Trinajstić information content (AvgIpc) is 2.94. The van der Waals surface area contributed by atoms with E-state index in [-0.39, 0.29) is 23.8 Å². The Hall–Kier alpha value is -1.84. The molecule has 136 valence electrons. The molecule has 1 unspecified atom stereocenters. The van der Waals surface area contributed by atoms with Crippen molar-refractivity contribution in [3.8, 4) is 0 Å². The molecule has 2 aliphatic rings. The van der Waals surface area contributed by atoms with Gasteiger partial charge in [0, 0.05) is 24.7 Å². The Kier molecular flexibility index (Phi) is 5.77. The fraction of sp³-hybridized carbons (Fsp3) is 0.619. The van der Waals surface area contributed by atoms with Crippen LogP contribution in [0.25, 0.3) is 0 Å². The fourth-order valence-electron chi connectivity index (χ4n) is 4.05. The van der Waals surface area contributed by atoms with Crippen molar-refractivity contribution in [2.75, 3.05) is 11.4 Å². The van der Waals surface area contributed by atoms with Gasteiger partial charge in [-0.3, -0.25) is 9.59 Å². The van der Waals surface area contributed by atoms with Crippen LogP contribution in [-0.2, 0) is 9.59 Å². The SMILES string of the molecule is Cc1ccc(C)c(N2CC(C(=O)NC3CCCCCCC3)CC2=O)c1. The Morgan fingerprint density at radius 3 is 2.48 bits per heavy atom. The molecule has 4 heteroatoms. The highest BCUT2D eigenvalue weighted by molar-refractivity contribution is 6.00. The van der Waals surface area contributed by atoms with Crippen LogP contribution in [0.1, 0.15) is 62.5 Å². The van der Waals surface area contributed by atoms with E-state index in [2.05, 4.69) is 11.4 Å². The predicted octanol–water partition coefficient (Wildman–Crippen LogP) is 3.89. The van der Waals surface area contributed by atoms with Crippen LogP contribution in [0, 0.1) is 19.8 Å². The van der Waals surface area contributed by atoms with Crippen molar-refractivity contribution in [3.63, 3.8) is 0 Å². The number of benzene rings is 1. The Morgan fingerprint density at radius 2 is 1.76 bits per heavy atom. The van der Waals surface area contributed by atoms with Crippen molar-refractivity contribution >= 4 is 17.5 Å². The van der Waals surface area contributed by atoms with Crippen molar-refractivity contribution < 1.29 is 9.59 Å². The van der Waals surface area contributed by atoms with E-state index in [1.807, 2.05) is 26.0 Å². The van der Waals surface area contributed by atoms with Crippen molar-refractivity contribution in [3.05, 3.63) is 29.3 Å². The Morgan fingerprint density at radius 1 is 1.08 bits per heavy atom. The van der Waals surface area contributed by atoms with E-state index in [9.17, 15) is 9.59 Å². The highest BCUT2D eigenvalue weighted by Gasteiger charge is 2.36. The normalized spacial score (nSPS) is 22.6. The zero-order valence-electron chi connectivity index (χ0n) is 15.5. The second-order valence-electron chi connectivity index (χ2n) is 7.75. The van der Waals surface area contributed by atoms with Gasteiger partial charge in [0.25, 0.3) is 0 Å². The number of carbonyl (C=O) groups is 2. The van der Waals surface area contributed by atoms with Gasteiger partial charge in [-0.2, -0.15) is 0 Å². The average molecular weight is 342 g/mol. The lowest BCUT2D eigenvalue weighted by Gasteiger charge is -2.23. The van der Waals surface area contributed by atoms with Gasteiger partial charge in [0.1, 0.15) is 0 Å². The highest BCUT2D eigenvalue weighted by Crippen LogP contribution is 2.29. The zero-order valence-corrected chi connectivity index (χ0v) is 15.5. The number of carbonyl (C=O) groups excluding carboxylic acids is 2. The van der Waals surface area contributed by atoms with Crippen LogP contribution in [-0.4, -0.2) is 24.4 Å². The molecular formula is C21H30N2O2. The molecule has 2 amide bonds. The Balaban J connectivity index is 1.63. The first kappa shape index (κ1) is 18.0. The summed E-state index contributed by atoms with van der Waals surface area (Å²) in [6.07, 6.45) is 8.74. The van der Waals surface area contributed by atoms with Gasteiger partial charge in [0.05, 0.1) is 5.92 Å². The summed E-state index contributed by atoms with van der Waals surface area (Å²) >= 11 is 0. The molecule has 3 rings (SSSR count). The van der Waals surface area contributed by atoms with Gasteiger partial charge in [-0.1, -0.05) is 44.2 Å². The molecule has 4 nitrogen and oxygen atoms in total. The quantitative estimate of drug-likeness (QED) is 0.906. The number of amides is 2. The van der Waals surface area contributed by atoms with E-state index in [1.165, 1.54) is 32.1 Å². The minimum Gasteiger partial charge on any atom is -0.353 e. The highest BCUT2D eigenvalue weighted by atomic mass is 16.2. The maximum atomic E-state index is 12.7. The fourth-order valence-corrected chi connectivity index (χ4v) is 4.05. The smallest absolute Gasteiger partial charge is 0.227 e. The second-order valence-corrected chi connectivity index (χ2v) is 7.75. The molecule has 1 saturated heterocycles. The lowest BCUT2D eigenvalue weighted by atomic mass is 9.96. The first-order valence-electron chi connectivity index (χ1n) is 9.72. The number of hydrogen-bond acceptors (Lipinski definition) is 2. The van der Waals surface area contributed by atoms with Crippen molar-refractivity contribution in [2.45, 2.75) is 71.3 Å². The van der Waals surface area contributed by atoms with Gasteiger partial charge in [0.15, 0.2) is 0 Å². The molecule has 0 radical (unpaired) electrons. The molecule has 0 bridgehead atoms. The van der Waals surface area contributed by atoms with E-state index in [0.29, 0.717) is 13.0 Å². The number of hydrogen-bond donors (Lipinski definition) is 1. The van der Waals surface area contributed by atoms with Gasteiger partial charge < -0.3 is 10.2 Å². The number of anilines is 1. The molecule has 1 aromatic carbocycles. The summed E-state index contributed by atoms with van der Waals surface area (Å²) in [5.41, 5.74) is 3.17. The molecule has 1 aliphatic heterocycles. The molecule has 25 heavy (non-hydrogen) atoms.